The van der Waals surface area contributed by atoms with E-state index < -0.39 is 5.91 Å². The van der Waals surface area contributed by atoms with Crippen LogP contribution in [-0.2, 0) is 0 Å². The van der Waals surface area contributed by atoms with Crippen LogP contribution in [0.3, 0.4) is 0 Å². The van der Waals surface area contributed by atoms with E-state index in [0.717, 1.165) is 5.39 Å². The van der Waals surface area contributed by atoms with Crippen LogP contribution in [0, 0.1) is 0 Å². The van der Waals surface area contributed by atoms with E-state index in [1.54, 1.807) is 18.2 Å². The molecular formula is C10H9NO3. The summed E-state index contributed by atoms with van der Waals surface area (Å²) in [4.78, 5) is 11.0. The minimum Gasteiger partial charge on any atom is -0.496 e. The number of hydrogen-bond acceptors (Lipinski definition) is 3. The Labute approximate surface area is 80.3 Å². The molecule has 0 aliphatic rings. The van der Waals surface area contributed by atoms with Gasteiger partial charge in [-0.2, -0.15) is 0 Å². The summed E-state index contributed by atoms with van der Waals surface area (Å²) in [5, 5.41) is 0.831. The van der Waals surface area contributed by atoms with Crippen molar-refractivity contribution in [2.24, 2.45) is 5.73 Å². The van der Waals surface area contributed by atoms with Gasteiger partial charge < -0.3 is 14.9 Å². The molecule has 0 aliphatic heterocycles. The van der Waals surface area contributed by atoms with E-state index in [-0.39, 0.29) is 0 Å². The number of hydrogen-bond donors (Lipinski definition) is 1. The minimum absolute atomic E-state index is 0.379. The van der Waals surface area contributed by atoms with Gasteiger partial charge in [0.15, 0.2) is 0 Å². The molecule has 4 heteroatoms. The number of ether oxygens (including phenoxy) is 1. The zero-order valence-electron chi connectivity index (χ0n) is 7.61. The van der Waals surface area contributed by atoms with Gasteiger partial charge in [-0.15, -0.1) is 0 Å². The van der Waals surface area contributed by atoms with Crippen molar-refractivity contribution in [2.75, 3.05) is 7.11 Å². The van der Waals surface area contributed by atoms with Gasteiger partial charge in [0.25, 0.3) is 0 Å². The molecule has 1 amide bonds. The Bertz CT molecular complexity index is 487. The Morgan fingerprint density at radius 2 is 2.29 bits per heavy atom. The molecule has 0 unspecified atom stereocenters. The molecule has 0 atom stereocenters. The number of nitrogens with two attached hydrogens (primary N) is 1. The summed E-state index contributed by atoms with van der Waals surface area (Å²) >= 11 is 0. The molecule has 0 spiro atoms. The lowest BCUT2D eigenvalue weighted by Gasteiger charge is -2.02. The first-order valence-corrected chi connectivity index (χ1v) is 4.07. The summed E-state index contributed by atoms with van der Waals surface area (Å²) < 4.78 is 10.3. The van der Waals surface area contributed by atoms with Gasteiger partial charge in [-0.05, 0) is 18.2 Å². The minimum atomic E-state index is -0.499. The molecule has 14 heavy (non-hydrogen) atoms. The Hall–Kier alpha value is -1.97. The number of furan rings is 1. The molecule has 0 bridgehead atoms. The van der Waals surface area contributed by atoms with Crippen molar-refractivity contribution < 1.29 is 13.9 Å². The van der Waals surface area contributed by atoms with Gasteiger partial charge in [0.2, 0.25) is 5.91 Å². The zero-order chi connectivity index (χ0) is 10.1. The second kappa shape index (κ2) is 3.06. The topological polar surface area (TPSA) is 65.5 Å². The van der Waals surface area contributed by atoms with E-state index >= 15 is 0 Å². The van der Waals surface area contributed by atoms with Gasteiger partial charge in [-0.1, -0.05) is 0 Å². The molecule has 0 radical (unpaired) electrons. The maximum absolute atomic E-state index is 11.0. The van der Waals surface area contributed by atoms with Gasteiger partial charge in [0, 0.05) is 5.56 Å². The molecule has 4 nitrogen and oxygen atoms in total. The lowest BCUT2D eigenvalue weighted by Crippen LogP contribution is -2.10. The highest BCUT2D eigenvalue weighted by atomic mass is 16.5. The fourth-order valence-electron chi connectivity index (χ4n) is 1.35. The number of carbonyl (C=O) groups is 1. The largest absolute Gasteiger partial charge is 0.496 e. The van der Waals surface area contributed by atoms with E-state index in [9.17, 15) is 4.79 Å². The smallest absolute Gasteiger partial charge is 0.248 e. The maximum Gasteiger partial charge on any atom is 0.248 e. The lowest BCUT2D eigenvalue weighted by molar-refractivity contribution is 0.1000. The van der Waals surface area contributed by atoms with Crippen LogP contribution in [0.5, 0.6) is 5.75 Å². The molecule has 0 saturated carbocycles. The predicted octanol–water partition coefficient (Wildman–Crippen LogP) is 1.54. The van der Waals surface area contributed by atoms with E-state index in [1.165, 1.54) is 13.4 Å². The Kier molecular flexibility index (Phi) is 1.89. The van der Waals surface area contributed by atoms with Crippen molar-refractivity contribution in [3.05, 3.63) is 30.0 Å². The van der Waals surface area contributed by atoms with Gasteiger partial charge in [0.1, 0.15) is 11.3 Å². The van der Waals surface area contributed by atoms with Crippen LogP contribution >= 0.6 is 0 Å². The normalized spacial score (nSPS) is 10.4. The van der Waals surface area contributed by atoms with Gasteiger partial charge in [-0.3, -0.25) is 4.79 Å². The number of amides is 1. The van der Waals surface area contributed by atoms with Gasteiger partial charge in [0.05, 0.1) is 18.8 Å². The SMILES string of the molecule is COc1cc(C(N)=O)cc2occc12. The van der Waals surface area contributed by atoms with Crippen molar-refractivity contribution in [1.82, 2.24) is 0 Å². The first-order valence-electron chi connectivity index (χ1n) is 4.07. The first-order chi connectivity index (χ1) is 6.72. The number of carbonyl (C=O) groups excluding carboxylic acids is 1. The molecular weight excluding hydrogens is 182 g/mol. The summed E-state index contributed by atoms with van der Waals surface area (Å²) in [7, 11) is 1.53. The zero-order valence-corrected chi connectivity index (χ0v) is 7.61. The summed E-state index contributed by atoms with van der Waals surface area (Å²) in [6.45, 7) is 0. The third-order valence-corrected chi connectivity index (χ3v) is 2.04. The molecule has 1 heterocycles. The monoisotopic (exact) mass is 191 g/mol. The van der Waals surface area contributed by atoms with Crippen LogP contribution < -0.4 is 10.5 Å². The molecule has 72 valence electrons. The molecule has 1 aromatic heterocycles. The standard InChI is InChI=1S/C10H9NO3/c1-13-8-4-6(10(11)12)5-9-7(8)2-3-14-9/h2-5H,1H3,(H2,11,12). The lowest BCUT2D eigenvalue weighted by atomic mass is 10.1. The first kappa shape index (κ1) is 8.62. The number of rotatable bonds is 2. The molecule has 2 rings (SSSR count). The van der Waals surface area contributed by atoms with E-state index in [2.05, 4.69) is 0 Å². The van der Waals surface area contributed by atoms with Gasteiger partial charge in [-0.25, -0.2) is 0 Å². The summed E-state index contributed by atoms with van der Waals surface area (Å²) in [6, 6.07) is 4.97. The third-order valence-electron chi connectivity index (χ3n) is 2.04. The van der Waals surface area contributed by atoms with Crippen LogP contribution in [-0.4, -0.2) is 13.0 Å². The molecule has 2 N–H and O–H groups in total. The number of primary amides is 1. The summed E-state index contributed by atoms with van der Waals surface area (Å²) in [6.07, 6.45) is 1.54. The maximum atomic E-state index is 11.0. The van der Waals surface area contributed by atoms with Crippen molar-refractivity contribution in [1.29, 1.82) is 0 Å². The van der Waals surface area contributed by atoms with E-state index in [4.69, 9.17) is 14.9 Å². The van der Waals surface area contributed by atoms with Crippen LogP contribution in [0.25, 0.3) is 11.0 Å². The molecule has 1 aromatic carbocycles. The highest BCUT2D eigenvalue weighted by Gasteiger charge is 2.09. The highest BCUT2D eigenvalue weighted by Crippen LogP contribution is 2.27. The predicted molar refractivity (Wildman–Crippen MR) is 51.3 cm³/mol. The number of fused-ring (bicyclic) bond motifs is 1. The van der Waals surface area contributed by atoms with Crippen LogP contribution in [0.2, 0.25) is 0 Å². The van der Waals surface area contributed by atoms with Crippen molar-refractivity contribution in [2.45, 2.75) is 0 Å². The average molecular weight is 191 g/mol. The summed E-state index contributed by atoms with van der Waals surface area (Å²) in [5.41, 5.74) is 6.14. The van der Waals surface area contributed by atoms with Crippen LogP contribution in [0.4, 0.5) is 0 Å². The molecule has 0 saturated heterocycles. The van der Waals surface area contributed by atoms with E-state index in [0.29, 0.717) is 16.9 Å². The van der Waals surface area contributed by atoms with Crippen LogP contribution in [0.15, 0.2) is 28.9 Å². The van der Waals surface area contributed by atoms with Crippen LogP contribution in [0.1, 0.15) is 10.4 Å². The Morgan fingerprint density at radius 1 is 1.50 bits per heavy atom. The Balaban J connectivity index is 2.73. The van der Waals surface area contributed by atoms with Gasteiger partial charge >= 0.3 is 0 Å². The van der Waals surface area contributed by atoms with Crippen molar-refractivity contribution in [3.8, 4) is 5.75 Å². The molecule has 0 aliphatic carbocycles. The highest BCUT2D eigenvalue weighted by molar-refractivity contribution is 5.98. The average Bonchev–Trinajstić information content (AvgIpc) is 2.63. The second-order valence-electron chi connectivity index (χ2n) is 2.88. The molecule has 2 aromatic rings. The summed E-state index contributed by atoms with van der Waals surface area (Å²) in [5.74, 6) is 0.0895. The Morgan fingerprint density at radius 3 is 2.93 bits per heavy atom. The number of methoxy groups -OCH3 is 1. The van der Waals surface area contributed by atoms with E-state index in [1.807, 2.05) is 0 Å². The van der Waals surface area contributed by atoms with Crippen molar-refractivity contribution in [3.63, 3.8) is 0 Å². The van der Waals surface area contributed by atoms with Crippen molar-refractivity contribution >= 4 is 16.9 Å². The molecule has 0 fully saturated rings. The fraction of sp³-hybridized carbons (Fsp3) is 0.100. The number of benzene rings is 1. The quantitative estimate of drug-likeness (QED) is 0.782. The second-order valence-corrected chi connectivity index (χ2v) is 2.88. The fourth-order valence-corrected chi connectivity index (χ4v) is 1.35. The third kappa shape index (κ3) is 1.21.